The Labute approximate surface area is 177 Å². The van der Waals surface area contributed by atoms with Crippen LogP contribution in [0.1, 0.15) is 35.6 Å². The fourth-order valence-electron chi connectivity index (χ4n) is 3.81. The fourth-order valence-corrected chi connectivity index (χ4v) is 5.28. The molecular weight excluding hydrogens is 396 g/mol. The van der Waals surface area contributed by atoms with Gasteiger partial charge in [-0.2, -0.15) is 4.72 Å². The first-order valence-corrected chi connectivity index (χ1v) is 11.5. The summed E-state index contributed by atoms with van der Waals surface area (Å²) in [6, 6.07) is 23.7. The molecule has 0 radical (unpaired) electrons. The number of amides is 1. The third kappa shape index (κ3) is 4.15. The fraction of sp³-hybridized carbons (Fsp3) is 0.208. The highest BCUT2D eigenvalue weighted by Gasteiger charge is 2.27. The molecular formula is C24H24N2O3S. The standard InChI is InChI=1S/C24H24N2O3S/c1-18-14-15-21(26-16-8-13-23(26)27)17-22(18)30(28,29)25-24(19-9-4-2-5-10-19)20-11-6-3-7-12-20/h2-7,9-12,14-15,17,24-25H,8,13,16H2,1H3. The van der Waals surface area contributed by atoms with Gasteiger partial charge < -0.3 is 4.90 Å². The maximum atomic E-state index is 13.4. The van der Waals surface area contributed by atoms with E-state index < -0.39 is 16.1 Å². The summed E-state index contributed by atoms with van der Waals surface area (Å²) in [6.07, 6.45) is 1.29. The maximum Gasteiger partial charge on any atom is 0.241 e. The zero-order valence-electron chi connectivity index (χ0n) is 16.8. The van der Waals surface area contributed by atoms with Gasteiger partial charge in [-0.1, -0.05) is 66.7 Å². The van der Waals surface area contributed by atoms with Gasteiger partial charge in [0.1, 0.15) is 0 Å². The first kappa shape index (κ1) is 20.3. The summed E-state index contributed by atoms with van der Waals surface area (Å²) < 4.78 is 29.8. The summed E-state index contributed by atoms with van der Waals surface area (Å²) in [5, 5.41) is 0. The van der Waals surface area contributed by atoms with Crippen LogP contribution < -0.4 is 9.62 Å². The minimum absolute atomic E-state index is 0.0293. The normalized spacial score (nSPS) is 14.5. The number of benzene rings is 3. The minimum Gasteiger partial charge on any atom is -0.312 e. The van der Waals surface area contributed by atoms with E-state index in [2.05, 4.69) is 4.72 Å². The van der Waals surface area contributed by atoms with Crippen molar-refractivity contribution in [2.24, 2.45) is 0 Å². The van der Waals surface area contributed by atoms with Crippen LogP contribution in [0.15, 0.2) is 83.8 Å². The Bertz CT molecular complexity index is 1110. The van der Waals surface area contributed by atoms with Gasteiger partial charge in [-0.15, -0.1) is 0 Å². The van der Waals surface area contributed by atoms with Crippen molar-refractivity contribution in [2.45, 2.75) is 30.7 Å². The average Bonchev–Trinajstić information content (AvgIpc) is 3.19. The van der Waals surface area contributed by atoms with Gasteiger partial charge in [0.25, 0.3) is 0 Å². The van der Waals surface area contributed by atoms with Gasteiger partial charge in [-0.3, -0.25) is 4.79 Å². The van der Waals surface area contributed by atoms with E-state index in [1.165, 1.54) is 0 Å². The first-order chi connectivity index (χ1) is 14.5. The zero-order chi connectivity index (χ0) is 21.1. The van der Waals surface area contributed by atoms with Gasteiger partial charge in [-0.25, -0.2) is 8.42 Å². The molecule has 3 aromatic carbocycles. The predicted molar refractivity (Wildman–Crippen MR) is 118 cm³/mol. The topological polar surface area (TPSA) is 66.5 Å². The minimum atomic E-state index is -3.84. The zero-order valence-corrected chi connectivity index (χ0v) is 17.6. The molecule has 1 saturated heterocycles. The molecule has 1 aliphatic heterocycles. The first-order valence-electron chi connectivity index (χ1n) is 9.99. The predicted octanol–water partition coefficient (Wildman–Crippen LogP) is 4.19. The van der Waals surface area contributed by atoms with Crippen molar-refractivity contribution < 1.29 is 13.2 Å². The lowest BCUT2D eigenvalue weighted by molar-refractivity contribution is -0.117. The maximum absolute atomic E-state index is 13.4. The van der Waals surface area contributed by atoms with Crippen LogP contribution in [0, 0.1) is 6.92 Å². The lowest BCUT2D eigenvalue weighted by Gasteiger charge is -2.22. The van der Waals surface area contributed by atoms with Crippen molar-refractivity contribution in [3.63, 3.8) is 0 Å². The van der Waals surface area contributed by atoms with Crippen LogP contribution in [0.5, 0.6) is 0 Å². The number of aryl methyl sites for hydroxylation is 1. The third-order valence-corrected chi connectivity index (χ3v) is 6.95. The van der Waals surface area contributed by atoms with E-state index in [-0.39, 0.29) is 10.8 Å². The molecule has 5 nitrogen and oxygen atoms in total. The summed E-state index contributed by atoms with van der Waals surface area (Å²) >= 11 is 0. The number of carbonyl (C=O) groups excluding carboxylic acids is 1. The number of hydrogen-bond acceptors (Lipinski definition) is 3. The van der Waals surface area contributed by atoms with E-state index in [1.54, 1.807) is 24.0 Å². The van der Waals surface area contributed by atoms with E-state index in [9.17, 15) is 13.2 Å². The SMILES string of the molecule is Cc1ccc(N2CCCC2=O)cc1S(=O)(=O)NC(c1ccccc1)c1ccccc1. The molecule has 4 rings (SSSR count). The Morgan fingerprint density at radius 1 is 0.900 bits per heavy atom. The smallest absolute Gasteiger partial charge is 0.241 e. The number of anilines is 1. The molecule has 6 heteroatoms. The second kappa shape index (κ2) is 8.42. The lowest BCUT2D eigenvalue weighted by Crippen LogP contribution is -2.30. The number of sulfonamides is 1. The van der Waals surface area contributed by atoms with Crippen LogP contribution in [0.25, 0.3) is 0 Å². The molecule has 1 fully saturated rings. The monoisotopic (exact) mass is 420 g/mol. The van der Waals surface area contributed by atoms with Gasteiger partial charge in [0.05, 0.1) is 10.9 Å². The van der Waals surface area contributed by atoms with Crippen LogP contribution >= 0.6 is 0 Å². The summed E-state index contributed by atoms with van der Waals surface area (Å²) in [6.45, 7) is 2.38. The van der Waals surface area contributed by atoms with Crippen molar-refractivity contribution >= 4 is 21.6 Å². The van der Waals surface area contributed by atoms with Gasteiger partial charge in [-0.05, 0) is 42.2 Å². The van der Waals surface area contributed by atoms with Crippen LogP contribution in [-0.2, 0) is 14.8 Å². The van der Waals surface area contributed by atoms with Crippen molar-refractivity contribution in [1.29, 1.82) is 0 Å². The van der Waals surface area contributed by atoms with Crippen LogP contribution in [0.2, 0.25) is 0 Å². The molecule has 0 saturated carbocycles. The van der Waals surface area contributed by atoms with Crippen LogP contribution in [-0.4, -0.2) is 20.9 Å². The molecule has 0 bridgehead atoms. The Morgan fingerprint density at radius 2 is 1.50 bits per heavy atom. The summed E-state index contributed by atoms with van der Waals surface area (Å²) in [4.78, 5) is 14.0. The molecule has 1 aliphatic rings. The largest absolute Gasteiger partial charge is 0.312 e. The van der Waals surface area contributed by atoms with Crippen LogP contribution in [0.3, 0.4) is 0 Å². The Kier molecular flexibility index (Phi) is 5.70. The summed E-state index contributed by atoms with van der Waals surface area (Å²) in [5.74, 6) is 0.0293. The molecule has 0 spiro atoms. The van der Waals surface area contributed by atoms with E-state index in [0.29, 0.717) is 24.2 Å². The molecule has 0 unspecified atom stereocenters. The lowest BCUT2D eigenvalue weighted by atomic mass is 10.00. The number of nitrogens with one attached hydrogen (secondary N) is 1. The molecule has 1 N–H and O–H groups in total. The quantitative estimate of drug-likeness (QED) is 0.650. The van der Waals surface area contributed by atoms with Crippen molar-refractivity contribution in [2.75, 3.05) is 11.4 Å². The molecule has 0 atom stereocenters. The Morgan fingerprint density at radius 3 is 2.03 bits per heavy atom. The van der Waals surface area contributed by atoms with Gasteiger partial charge in [0, 0.05) is 18.7 Å². The molecule has 0 aliphatic carbocycles. The highest BCUT2D eigenvalue weighted by molar-refractivity contribution is 7.89. The summed E-state index contributed by atoms with van der Waals surface area (Å²) in [5.41, 5.74) is 2.98. The second-order valence-electron chi connectivity index (χ2n) is 7.47. The van der Waals surface area contributed by atoms with E-state index in [0.717, 1.165) is 17.5 Å². The van der Waals surface area contributed by atoms with Crippen molar-refractivity contribution in [3.8, 4) is 0 Å². The number of hydrogen-bond donors (Lipinski definition) is 1. The van der Waals surface area contributed by atoms with E-state index in [1.807, 2.05) is 66.7 Å². The summed E-state index contributed by atoms with van der Waals surface area (Å²) in [7, 11) is -3.84. The van der Waals surface area contributed by atoms with Crippen LogP contribution in [0.4, 0.5) is 5.69 Å². The van der Waals surface area contributed by atoms with Gasteiger partial charge in [0.2, 0.25) is 15.9 Å². The number of rotatable bonds is 6. The average molecular weight is 421 g/mol. The van der Waals surface area contributed by atoms with Crippen molar-refractivity contribution in [1.82, 2.24) is 4.72 Å². The Balaban J connectivity index is 1.73. The molecule has 0 aromatic heterocycles. The van der Waals surface area contributed by atoms with E-state index in [4.69, 9.17) is 0 Å². The molecule has 1 heterocycles. The molecule has 30 heavy (non-hydrogen) atoms. The van der Waals surface area contributed by atoms with Crippen molar-refractivity contribution in [3.05, 3.63) is 95.6 Å². The van der Waals surface area contributed by atoms with E-state index >= 15 is 0 Å². The molecule has 154 valence electrons. The Hall–Kier alpha value is -2.96. The highest BCUT2D eigenvalue weighted by Crippen LogP contribution is 2.29. The highest BCUT2D eigenvalue weighted by atomic mass is 32.2. The second-order valence-corrected chi connectivity index (χ2v) is 9.16. The molecule has 3 aromatic rings. The number of nitrogens with zero attached hydrogens (tertiary/aromatic N) is 1. The number of carbonyl (C=O) groups is 1. The van der Waals surface area contributed by atoms with Gasteiger partial charge in [0.15, 0.2) is 0 Å². The van der Waals surface area contributed by atoms with Gasteiger partial charge >= 0.3 is 0 Å². The third-order valence-electron chi connectivity index (χ3n) is 5.39. The molecule has 1 amide bonds.